The Hall–Kier alpha value is -2.28. The van der Waals surface area contributed by atoms with Crippen molar-refractivity contribution in [2.45, 2.75) is 25.0 Å². The summed E-state index contributed by atoms with van der Waals surface area (Å²) in [7, 11) is 0. The first-order valence-corrected chi connectivity index (χ1v) is 9.67. The Balaban J connectivity index is 1.26. The molecule has 0 bridgehead atoms. The lowest BCUT2D eigenvalue weighted by atomic mass is 10.1. The topological polar surface area (TPSA) is 74.2 Å². The molecule has 0 spiro atoms. The summed E-state index contributed by atoms with van der Waals surface area (Å²) in [6.45, 7) is 0.685. The Kier molecular flexibility index (Phi) is 4.97. The summed E-state index contributed by atoms with van der Waals surface area (Å²) in [5.74, 6) is -0.174. The minimum Gasteiger partial charge on any atom is -0.390 e. The highest BCUT2D eigenvalue weighted by molar-refractivity contribution is 7.17. The van der Waals surface area contributed by atoms with E-state index in [1.807, 2.05) is 12.1 Å². The van der Waals surface area contributed by atoms with Crippen molar-refractivity contribution in [2.24, 2.45) is 0 Å². The summed E-state index contributed by atoms with van der Waals surface area (Å²) in [6, 6.07) is 14.3. The first-order valence-electron chi connectivity index (χ1n) is 8.79. The van der Waals surface area contributed by atoms with Crippen LogP contribution >= 0.6 is 11.3 Å². The lowest BCUT2D eigenvalue weighted by Gasteiger charge is -2.17. The molecule has 1 aromatic heterocycles. The lowest BCUT2D eigenvalue weighted by Crippen LogP contribution is -2.41. The summed E-state index contributed by atoms with van der Waals surface area (Å²) in [5.41, 5.74) is 5.93. The molecule has 0 saturated heterocycles. The first kappa shape index (κ1) is 17.1. The van der Waals surface area contributed by atoms with Crippen LogP contribution in [0.4, 0.5) is 0 Å². The summed E-state index contributed by atoms with van der Waals surface area (Å²) in [4.78, 5) is 16.6. The van der Waals surface area contributed by atoms with Crippen molar-refractivity contribution in [2.75, 3.05) is 13.1 Å². The van der Waals surface area contributed by atoms with E-state index < -0.39 is 6.10 Å². The van der Waals surface area contributed by atoms with Gasteiger partial charge in [-0.1, -0.05) is 30.3 Å². The zero-order valence-corrected chi connectivity index (χ0v) is 15.1. The number of rotatable bonds is 6. The molecule has 6 heteroatoms. The van der Waals surface area contributed by atoms with Crippen LogP contribution in [0.15, 0.2) is 48.0 Å². The van der Waals surface area contributed by atoms with Gasteiger partial charge in [0.2, 0.25) is 0 Å². The van der Waals surface area contributed by atoms with Gasteiger partial charge in [-0.2, -0.15) is 0 Å². The van der Waals surface area contributed by atoms with Crippen LogP contribution < -0.4 is 10.6 Å². The lowest BCUT2D eigenvalue weighted by molar-refractivity contribution is 0.0915. The third-order valence-electron chi connectivity index (χ3n) is 4.79. The molecular weight excluding hydrogens is 346 g/mol. The molecule has 0 radical (unpaired) electrons. The Labute approximate surface area is 156 Å². The maximum Gasteiger partial charge on any atom is 0.252 e. The number of aromatic nitrogens is 1. The molecule has 1 aliphatic carbocycles. The van der Waals surface area contributed by atoms with E-state index in [-0.39, 0.29) is 12.5 Å². The maximum atomic E-state index is 12.4. The van der Waals surface area contributed by atoms with Crippen molar-refractivity contribution in [3.05, 3.63) is 64.7 Å². The van der Waals surface area contributed by atoms with Crippen molar-refractivity contribution in [3.8, 4) is 0 Å². The fourth-order valence-electron chi connectivity index (χ4n) is 3.45. The van der Waals surface area contributed by atoms with Crippen LogP contribution in [0.25, 0.3) is 10.2 Å². The zero-order chi connectivity index (χ0) is 17.9. The number of thiazole rings is 1. The number of hydrogen-bond acceptors (Lipinski definition) is 5. The molecule has 1 atom stereocenters. The van der Waals surface area contributed by atoms with E-state index in [0.717, 1.165) is 23.1 Å². The van der Waals surface area contributed by atoms with Crippen LogP contribution in [0.3, 0.4) is 0 Å². The number of carbonyl (C=O) groups excluding carboxylic acids is 1. The van der Waals surface area contributed by atoms with Crippen LogP contribution in [0.2, 0.25) is 0 Å². The third kappa shape index (κ3) is 3.62. The molecule has 1 aliphatic rings. The Bertz CT molecular complexity index is 899. The molecule has 1 amide bonds. The monoisotopic (exact) mass is 367 g/mol. The molecule has 134 valence electrons. The quantitative estimate of drug-likeness (QED) is 0.624. The van der Waals surface area contributed by atoms with Gasteiger partial charge in [0, 0.05) is 19.1 Å². The highest BCUT2D eigenvalue weighted by atomic mass is 32.1. The molecular formula is C20H21N3O2S. The number of hydrogen-bond donors (Lipinski definition) is 3. The zero-order valence-electron chi connectivity index (χ0n) is 14.3. The minimum absolute atomic E-state index is 0.174. The fourth-order valence-corrected chi connectivity index (χ4v) is 4.25. The SMILES string of the molecule is O=C(NC[C@@H](O)CNC1Cc2ccccc2C1)c1cccc2ncsc12. The minimum atomic E-state index is -0.622. The van der Waals surface area contributed by atoms with Crippen LogP contribution in [0.5, 0.6) is 0 Å². The van der Waals surface area contributed by atoms with Crippen LogP contribution in [-0.4, -0.2) is 41.2 Å². The third-order valence-corrected chi connectivity index (χ3v) is 5.67. The average Bonchev–Trinajstić information content (AvgIpc) is 3.30. The van der Waals surface area contributed by atoms with E-state index in [0.29, 0.717) is 18.2 Å². The van der Waals surface area contributed by atoms with E-state index in [2.05, 4.69) is 39.9 Å². The number of aliphatic hydroxyl groups is 1. The van der Waals surface area contributed by atoms with Crippen molar-refractivity contribution in [3.63, 3.8) is 0 Å². The summed E-state index contributed by atoms with van der Waals surface area (Å²) in [6.07, 6.45) is 1.36. The van der Waals surface area contributed by atoms with Crippen LogP contribution in [-0.2, 0) is 12.8 Å². The van der Waals surface area contributed by atoms with Gasteiger partial charge in [-0.25, -0.2) is 4.98 Å². The smallest absolute Gasteiger partial charge is 0.252 e. The van der Waals surface area contributed by atoms with Gasteiger partial charge in [0.05, 0.1) is 27.4 Å². The molecule has 4 rings (SSSR count). The summed E-state index contributed by atoms with van der Waals surface area (Å²) >= 11 is 1.45. The summed E-state index contributed by atoms with van der Waals surface area (Å²) in [5, 5.41) is 16.4. The van der Waals surface area contributed by atoms with Gasteiger partial charge >= 0.3 is 0 Å². The van der Waals surface area contributed by atoms with Gasteiger partial charge in [0.1, 0.15) is 0 Å². The van der Waals surface area contributed by atoms with Gasteiger partial charge < -0.3 is 15.7 Å². The van der Waals surface area contributed by atoms with Crippen molar-refractivity contribution >= 4 is 27.5 Å². The Morgan fingerprint density at radius 1 is 1.15 bits per heavy atom. The van der Waals surface area contributed by atoms with Crippen molar-refractivity contribution in [1.29, 1.82) is 0 Å². The molecule has 0 fully saturated rings. The van der Waals surface area contributed by atoms with Crippen molar-refractivity contribution in [1.82, 2.24) is 15.6 Å². The number of fused-ring (bicyclic) bond motifs is 2. The molecule has 0 saturated carbocycles. The second kappa shape index (κ2) is 7.53. The number of aliphatic hydroxyl groups excluding tert-OH is 1. The average molecular weight is 367 g/mol. The van der Waals surface area contributed by atoms with E-state index in [9.17, 15) is 9.90 Å². The molecule has 0 aliphatic heterocycles. The molecule has 26 heavy (non-hydrogen) atoms. The number of nitrogens with zero attached hydrogens (tertiary/aromatic N) is 1. The number of carbonyl (C=O) groups is 1. The van der Waals surface area contributed by atoms with Crippen molar-refractivity contribution < 1.29 is 9.90 Å². The predicted molar refractivity (Wildman–Crippen MR) is 104 cm³/mol. The number of benzene rings is 2. The second-order valence-electron chi connectivity index (χ2n) is 6.65. The highest BCUT2D eigenvalue weighted by Gasteiger charge is 2.21. The molecule has 3 aromatic rings. The predicted octanol–water partition coefficient (Wildman–Crippen LogP) is 2.14. The normalized spacial score (nSPS) is 15.1. The van der Waals surface area contributed by atoms with Gasteiger partial charge in [0.25, 0.3) is 5.91 Å². The number of amides is 1. The second-order valence-corrected chi connectivity index (χ2v) is 7.51. The van der Waals surface area contributed by atoms with Gasteiger partial charge in [-0.3, -0.25) is 4.79 Å². The van der Waals surface area contributed by atoms with Crippen LogP contribution in [0.1, 0.15) is 21.5 Å². The molecule has 5 nitrogen and oxygen atoms in total. The fraction of sp³-hybridized carbons (Fsp3) is 0.300. The molecule has 2 aromatic carbocycles. The van der Waals surface area contributed by atoms with Gasteiger partial charge in [-0.05, 0) is 36.1 Å². The molecule has 0 unspecified atom stereocenters. The van der Waals surface area contributed by atoms with Gasteiger partial charge in [0.15, 0.2) is 0 Å². The largest absolute Gasteiger partial charge is 0.390 e. The molecule has 1 heterocycles. The maximum absolute atomic E-state index is 12.4. The number of nitrogens with one attached hydrogen (secondary N) is 2. The first-order chi connectivity index (χ1) is 12.7. The molecule has 3 N–H and O–H groups in total. The van der Waals surface area contributed by atoms with E-state index in [1.54, 1.807) is 11.6 Å². The Morgan fingerprint density at radius 3 is 2.69 bits per heavy atom. The van der Waals surface area contributed by atoms with Crippen LogP contribution in [0, 0.1) is 0 Å². The van der Waals surface area contributed by atoms with E-state index in [1.165, 1.54) is 22.5 Å². The van der Waals surface area contributed by atoms with Gasteiger partial charge in [-0.15, -0.1) is 11.3 Å². The Morgan fingerprint density at radius 2 is 1.92 bits per heavy atom. The standard InChI is InChI=1S/C20H21N3O2S/c24-16(10-21-15-8-13-4-1-2-5-14(13)9-15)11-22-20(25)17-6-3-7-18-19(17)26-12-23-18/h1-7,12,15-16,21,24H,8-11H2,(H,22,25)/t16-/m0/s1. The van der Waals surface area contributed by atoms with E-state index in [4.69, 9.17) is 0 Å². The highest BCUT2D eigenvalue weighted by Crippen LogP contribution is 2.22. The summed E-state index contributed by atoms with van der Waals surface area (Å²) < 4.78 is 0.876. The van der Waals surface area contributed by atoms with E-state index >= 15 is 0 Å².